The van der Waals surface area contributed by atoms with Crippen LogP contribution in [0.25, 0.3) is 0 Å². The molecule has 1 aromatic carbocycles. The van der Waals surface area contributed by atoms with Gasteiger partial charge in [-0.15, -0.1) is 0 Å². The second kappa shape index (κ2) is 6.46. The molecule has 1 N–H and O–H groups in total. The summed E-state index contributed by atoms with van der Waals surface area (Å²) in [6, 6.07) is 4.06. The summed E-state index contributed by atoms with van der Waals surface area (Å²) in [7, 11) is 0. The summed E-state index contributed by atoms with van der Waals surface area (Å²) < 4.78 is 77.3. The molecule has 0 amide bonds. The van der Waals surface area contributed by atoms with Crippen molar-refractivity contribution in [3.63, 3.8) is 0 Å². The van der Waals surface area contributed by atoms with E-state index in [1.807, 2.05) is 11.8 Å². The molecule has 0 aliphatic carbocycles. The fourth-order valence-corrected chi connectivity index (χ4v) is 3.15. The number of halogens is 6. The van der Waals surface area contributed by atoms with E-state index in [1.54, 1.807) is 0 Å². The Hall–Kier alpha value is -1.44. The summed E-state index contributed by atoms with van der Waals surface area (Å²) in [5.74, 6) is 0. The average molecular weight is 355 g/mol. The van der Waals surface area contributed by atoms with Gasteiger partial charge < -0.3 is 10.0 Å². The number of aliphatic hydroxyl groups is 1. The van der Waals surface area contributed by atoms with Crippen LogP contribution in [0, 0.1) is 0 Å². The third kappa shape index (κ3) is 3.20. The van der Waals surface area contributed by atoms with E-state index in [4.69, 9.17) is 0 Å². The molecule has 2 rings (SSSR count). The number of hydrogen-bond donors (Lipinski definition) is 1. The van der Waals surface area contributed by atoms with Crippen LogP contribution in [-0.4, -0.2) is 30.0 Å². The van der Waals surface area contributed by atoms with Gasteiger partial charge in [-0.1, -0.05) is 19.1 Å². The maximum atomic E-state index is 12.9. The standard InChI is InChI=1S/C16H19F6NO/c1-2-12-5-3-4-10-23(12)13-8-6-11(7-9-13)14(24,15(17,18)19)16(20,21)22/h6-9,12,24H,2-5,10H2,1H3. The van der Waals surface area contributed by atoms with Crippen LogP contribution in [0.3, 0.4) is 0 Å². The van der Waals surface area contributed by atoms with Crippen molar-refractivity contribution in [2.75, 3.05) is 11.4 Å². The van der Waals surface area contributed by atoms with Crippen molar-refractivity contribution in [2.45, 2.75) is 56.6 Å². The zero-order chi connectivity index (χ0) is 18.2. The Morgan fingerprint density at radius 1 is 1.00 bits per heavy atom. The van der Waals surface area contributed by atoms with E-state index < -0.39 is 23.5 Å². The van der Waals surface area contributed by atoms with E-state index >= 15 is 0 Å². The first-order valence-electron chi connectivity index (χ1n) is 7.75. The molecule has 1 aliphatic rings. The maximum absolute atomic E-state index is 12.9. The molecule has 8 heteroatoms. The Morgan fingerprint density at radius 2 is 1.54 bits per heavy atom. The summed E-state index contributed by atoms with van der Waals surface area (Å²) in [4.78, 5) is 1.99. The molecule has 0 aromatic heterocycles. The van der Waals surface area contributed by atoms with E-state index in [2.05, 4.69) is 0 Å². The molecule has 2 nitrogen and oxygen atoms in total. The van der Waals surface area contributed by atoms with E-state index in [0.29, 0.717) is 24.4 Å². The van der Waals surface area contributed by atoms with E-state index in [9.17, 15) is 31.4 Å². The smallest absolute Gasteiger partial charge is 0.369 e. The molecule has 1 aromatic rings. The Balaban J connectivity index is 2.37. The topological polar surface area (TPSA) is 23.5 Å². The lowest BCUT2D eigenvalue weighted by Crippen LogP contribution is -2.53. The van der Waals surface area contributed by atoms with Gasteiger partial charge in [0.05, 0.1) is 0 Å². The second-order valence-electron chi connectivity index (χ2n) is 6.00. The van der Waals surface area contributed by atoms with Crippen LogP contribution in [0.1, 0.15) is 38.2 Å². The fourth-order valence-electron chi connectivity index (χ4n) is 3.15. The number of rotatable bonds is 3. The van der Waals surface area contributed by atoms with E-state index in [0.717, 1.165) is 25.7 Å². The summed E-state index contributed by atoms with van der Waals surface area (Å²) in [5.41, 5.74) is -5.53. The van der Waals surface area contributed by atoms with Crippen molar-refractivity contribution < 1.29 is 31.4 Å². The molecule has 0 spiro atoms. The highest BCUT2D eigenvalue weighted by molar-refractivity contribution is 5.50. The van der Waals surface area contributed by atoms with E-state index in [-0.39, 0.29) is 6.04 Å². The maximum Gasteiger partial charge on any atom is 0.430 e. The molecule has 1 heterocycles. The molecule has 136 valence electrons. The second-order valence-corrected chi connectivity index (χ2v) is 6.00. The lowest BCUT2D eigenvalue weighted by atomic mass is 9.91. The predicted octanol–water partition coefficient (Wildman–Crippen LogP) is 4.77. The van der Waals surface area contributed by atoms with Crippen LogP contribution in [-0.2, 0) is 5.60 Å². The van der Waals surface area contributed by atoms with Crippen LogP contribution in [0.4, 0.5) is 32.0 Å². The number of benzene rings is 1. The van der Waals surface area contributed by atoms with Gasteiger partial charge in [-0.3, -0.25) is 0 Å². The van der Waals surface area contributed by atoms with Gasteiger partial charge in [0.2, 0.25) is 0 Å². The van der Waals surface area contributed by atoms with Crippen LogP contribution < -0.4 is 4.90 Å². The number of nitrogens with zero attached hydrogens (tertiary/aromatic N) is 1. The van der Waals surface area contributed by atoms with Gasteiger partial charge in [-0.25, -0.2) is 0 Å². The highest BCUT2D eigenvalue weighted by atomic mass is 19.4. The first-order chi connectivity index (χ1) is 11.0. The molecule has 1 aliphatic heterocycles. The van der Waals surface area contributed by atoms with Crippen LogP contribution in [0.15, 0.2) is 24.3 Å². The largest absolute Gasteiger partial charge is 0.430 e. The number of piperidine rings is 1. The lowest BCUT2D eigenvalue weighted by Gasteiger charge is -2.38. The van der Waals surface area contributed by atoms with Gasteiger partial charge in [0, 0.05) is 23.8 Å². The van der Waals surface area contributed by atoms with Gasteiger partial charge in [-0.05, 0) is 37.8 Å². The van der Waals surface area contributed by atoms with Crippen LogP contribution >= 0.6 is 0 Å². The fraction of sp³-hybridized carbons (Fsp3) is 0.625. The molecule has 0 radical (unpaired) electrons. The van der Waals surface area contributed by atoms with Gasteiger partial charge in [-0.2, -0.15) is 26.3 Å². The van der Waals surface area contributed by atoms with Crippen molar-refractivity contribution in [3.8, 4) is 0 Å². The first-order valence-corrected chi connectivity index (χ1v) is 7.75. The minimum Gasteiger partial charge on any atom is -0.369 e. The Labute approximate surface area is 136 Å². The van der Waals surface area contributed by atoms with Crippen molar-refractivity contribution >= 4 is 5.69 Å². The average Bonchev–Trinajstić information content (AvgIpc) is 2.52. The molecular weight excluding hydrogens is 336 g/mol. The van der Waals surface area contributed by atoms with Crippen molar-refractivity contribution in [3.05, 3.63) is 29.8 Å². The van der Waals surface area contributed by atoms with Crippen molar-refractivity contribution in [1.82, 2.24) is 0 Å². The zero-order valence-electron chi connectivity index (χ0n) is 13.1. The van der Waals surface area contributed by atoms with Gasteiger partial charge in [0.15, 0.2) is 0 Å². The molecule has 24 heavy (non-hydrogen) atoms. The number of anilines is 1. The summed E-state index contributed by atoms with van der Waals surface area (Å²) in [6.45, 7) is 2.70. The molecule has 1 unspecified atom stereocenters. The molecular formula is C16H19F6NO. The van der Waals surface area contributed by atoms with Crippen molar-refractivity contribution in [1.29, 1.82) is 0 Å². The minimum atomic E-state index is -5.86. The zero-order valence-corrected chi connectivity index (χ0v) is 13.1. The summed E-state index contributed by atoms with van der Waals surface area (Å²) in [5, 5.41) is 9.39. The van der Waals surface area contributed by atoms with Gasteiger partial charge in [0.25, 0.3) is 5.60 Å². The molecule has 1 atom stereocenters. The highest BCUT2D eigenvalue weighted by Gasteiger charge is 2.71. The number of hydrogen-bond acceptors (Lipinski definition) is 2. The SMILES string of the molecule is CCC1CCCCN1c1ccc(C(O)(C(F)(F)F)C(F)(F)F)cc1. The van der Waals surface area contributed by atoms with Crippen molar-refractivity contribution in [2.24, 2.45) is 0 Å². The monoisotopic (exact) mass is 355 g/mol. The predicted molar refractivity (Wildman–Crippen MR) is 77.7 cm³/mol. The molecule has 0 saturated carbocycles. The molecule has 1 fully saturated rings. The van der Waals surface area contributed by atoms with Crippen LogP contribution in [0.2, 0.25) is 0 Å². The van der Waals surface area contributed by atoms with Gasteiger partial charge >= 0.3 is 12.4 Å². The van der Waals surface area contributed by atoms with Crippen LogP contribution in [0.5, 0.6) is 0 Å². The normalized spacial score (nSPS) is 20.3. The quantitative estimate of drug-likeness (QED) is 0.790. The first kappa shape index (κ1) is 18.9. The Kier molecular flexibility index (Phi) is 5.09. The summed E-state index contributed by atoms with van der Waals surface area (Å²) >= 11 is 0. The van der Waals surface area contributed by atoms with E-state index in [1.165, 1.54) is 12.1 Å². The Bertz CT molecular complexity index is 537. The minimum absolute atomic E-state index is 0.216. The highest BCUT2D eigenvalue weighted by Crippen LogP contribution is 2.50. The number of alkyl halides is 6. The molecule has 0 bridgehead atoms. The molecule has 1 saturated heterocycles. The van der Waals surface area contributed by atoms with Gasteiger partial charge in [0.1, 0.15) is 0 Å². The lowest BCUT2D eigenvalue weighted by molar-refractivity contribution is -0.376. The summed E-state index contributed by atoms with van der Waals surface area (Å²) in [6.07, 6.45) is -7.96. The third-order valence-corrected chi connectivity index (χ3v) is 4.54. The Morgan fingerprint density at radius 3 is 2.00 bits per heavy atom. The third-order valence-electron chi connectivity index (χ3n) is 4.54.